The summed E-state index contributed by atoms with van der Waals surface area (Å²) in [5.41, 5.74) is 1.95. The summed E-state index contributed by atoms with van der Waals surface area (Å²) in [4.78, 5) is 7.88. The van der Waals surface area contributed by atoms with Gasteiger partial charge in [-0.15, -0.1) is 0 Å². The number of nitrogens with zero attached hydrogens (tertiary/aromatic N) is 2. The van der Waals surface area contributed by atoms with E-state index in [0.717, 1.165) is 29.7 Å². The Morgan fingerprint density at radius 3 is 2.89 bits per heavy atom. The first-order valence-electron chi connectivity index (χ1n) is 6.44. The topological polar surface area (TPSA) is 66.1 Å². The lowest BCUT2D eigenvalue weighted by Gasteiger charge is -2.29. The first-order chi connectivity index (χ1) is 9.04. The van der Waals surface area contributed by atoms with Gasteiger partial charge >= 0.3 is 0 Å². The molecule has 1 aromatic heterocycles. The zero-order valence-corrected chi connectivity index (χ0v) is 11.7. The van der Waals surface area contributed by atoms with Crippen LogP contribution in [0.2, 0.25) is 0 Å². The molecule has 2 aromatic rings. The van der Waals surface area contributed by atoms with Crippen molar-refractivity contribution in [1.82, 2.24) is 14.3 Å². The Kier molecular flexibility index (Phi) is 3.06. The largest absolute Gasteiger partial charge is 0.342 e. The molecular weight excluding hydrogens is 262 g/mol. The zero-order chi connectivity index (χ0) is 13.5. The number of rotatable bonds is 2. The van der Waals surface area contributed by atoms with Crippen molar-refractivity contribution >= 4 is 21.1 Å². The average molecular weight is 279 g/mol. The van der Waals surface area contributed by atoms with Crippen LogP contribution in [0.25, 0.3) is 11.0 Å². The van der Waals surface area contributed by atoms with E-state index in [1.54, 1.807) is 4.31 Å². The number of aromatic nitrogens is 2. The molecule has 2 heterocycles. The first kappa shape index (κ1) is 12.6. The van der Waals surface area contributed by atoms with Crippen LogP contribution in [-0.4, -0.2) is 42.0 Å². The number of fused-ring (bicyclic) bond motifs is 1. The number of hydrogen-bond donors (Lipinski definition) is 1. The summed E-state index contributed by atoms with van der Waals surface area (Å²) in [5.74, 6) is 1.06. The molecule has 0 spiro atoms. The maximum atomic E-state index is 11.6. The lowest BCUT2D eigenvalue weighted by Crippen LogP contribution is -2.38. The molecule has 0 radical (unpaired) electrons. The summed E-state index contributed by atoms with van der Waals surface area (Å²) < 4.78 is 24.8. The molecule has 0 aliphatic carbocycles. The molecule has 1 aromatic carbocycles. The van der Waals surface area contributed by atoms with Crippen LogP contribution in [0.5, 0.6) is 0 Å². The molecule has 1 aliphatic heterocycles. The number of benzene rings is 1. The Morgan fingerprint density at radius 2 is 2.16 bits per heavy atom. The normalized spacial score (nSPS) is 21.8. The third-order valence-electron chi connectivity index (χ3n) is 3.65. The number of para-hydroxylation sites is 2. The number of hydrogen-bond acceptors (Lipinski definition) is 3. The van der Waals surface area contributed by atoms with Gasteiger partial charge < -0.3 is 4.98 Å². The Labute approximate surface area is 112 Å². The monoisotopic (exact) mass is 279 g/mol. The summed E-state index contributed by atoms with van der Waals surface area (Å²) in [5, 5.41) is 0. The Hall–Kier alpha value is -1.40. The molecule has 1 saturated heterocycles. The van der Waals surface area contributed by atoms with Gasteiger partial charge in [-0.3, -0.25) is 0 Å². The minimum Gasteiger partial charge on any atom is -0.342 e. The fourth-order valence-corrected chi connectivity index (χ4v) is 3.54. The Balaban J connectivity index is 1.89. The van der Waals surface area contributed by atoms with Crippen LogP contribution in [0.3, 0.4) is 0 Å². The van der Waals surface area contributed by atoms with Crippen molar-refractivity contribution in [3.8, 4) is 0 Å². The van der Waals surface area contributed by atoms with Gasteiger partial charge in [0.15, 0.2) is 0 Å². The lowest BCUT2D eigenvalue weighted by atomic mass is 9.99. The Bertz CT molecular complexity index is 660. The molecular formula is C13H17N3O2S. The second-order valence-electron chi connectivity index (χ2n) is 5.10. The van der Waals surface area contributed by atoms with Gasteiger partial charge in [0.1, 0.15) is 5.82 Å². The molecule has 0 bridgehead atoms. The SMILES string of the molecule is CS(=O)(=O)N1CCCC(c2nc3ccccc3[nH]2)C1. The van der Waals surface area contributed by atoms with E-state index in [0.29, 0.717) is 13.1 Å². The fraction of sp³-hybridized carbons (Fsp3) is 0.462. The number of H-pyrrole nitrogens is 1. The van der Waals surface area contributed by atoms with Crippen molar-refractivity contribution in [2.45, 2.75) is 18.8 Å². The van der Waals surface area contributed by atoms with E-state index in [-0.39, 0.29) is 5.92 Å². The average Bonchev–Trinajstić information content (AvgIpc) is 2.81. The van der Waals surface area contributed by atoms with Crippen molar-refractivity contribution in [2.24, 2.45) is 0 Å². The minimum atomic E-state index is -3.11. The van der Waals surface area contributed by atoms with E-state index in [9.17, 15) is 8.42 Å². The molecule has 1 aliphatic rings. The van der Waals surface area contributed by atoms with Crippen molar-refractivity contribution < 1.29 is 8.42 Å². The molecule has 1 unspecified atom stereocenters. The van der Waals surface area contributed by atoms with Crippen LogP contribution in [0.4, 0.5) is 0 Å². The van der Waals surface area contributed by atoms with Gasteiger partial charge in [0.2, 0.25) is 10.0 Å². The van der Waals surface area contributed by atoms with Crippen molar-refractivity contribution in [3.63, 3.8) is 0 Å². The minimum absolute atomic E-state index is 0.163. The van der Waals surface area contributed by atoms with E-state index in [1.165, 1.54) is 6.26 Å². The fourth-order valence-electron chi connectivity index (χ4n) is 2.63. The third kappa shape index (κ3) is 2.50. The molecule has 0 saturated carbocycles. The van der Waals surface area contributed by atoms with Gasteiger partial charge in [-0.2, -0.15) is 0 Å². The second-order valence-corrected chi connectivity index (χ2v) is 7.08. The maximum Gasteiger partial charge on any atom is 0.211 e. The third-order valence-corrected chi connectivity index (χ3v) is 4.92. The van der Waals surface area contributed by atoms with E-state index < -0.39 is 10.0 Å². The Morgan fingerprint density at radius 1 is 1.37 bits per heavy atom. The van der Waals surface area contributed by atoms with Gasteiger partial charge in [0.05, 0.1) is 17.3 Å². The molecule has 0 amide bonds. The quantitative estimate of drug-likeness (QED) is 0.910. The molecule has 6 heteroatoms. The number of piperidine rings is 1. The number of aromatic amines is 1. The van der Waals surface area contributed by atoms with Crippen LogP contribution in [0.15, 0.2) is 24.3 Å². The highest BCUT2D eigenvalue weighted by Crippen LogP contribution is 2.27. The highest BCUT2D eigenvalue weighted by Gasteiger charge is 2.28. The molecule has 5 nitrogen and oxygen atoms in total. The maximum absolute atomic E-state index is 11.6. The summed E-state index contributed by atoms with van der Waals surface area (Å²) in [7, 11) is -3.11. The number of imidazole rings is 1. The van der Waals surface area contributed by atoms with E-state index in [4.69, 9.17) is 0 Å². The highest BCUT2D eigenvalue weighted by atomic mass is 32.2. The van der Waals surface area contributed by atoms with Crippen LogP contribution >= 0.6 is 0 Å². The van der Waals surface area contributed by atoms with E-state index in [2.05, 4.69) is 9.97 Å². The van der Waals surface area contributed by atoms with Crippen molar-refractivity contribution in [2.75, 3.05) is 19.3 Å². The molecule has 3 rings (SSSR count). The number of sulfonamides is 1. The van der Waals surface area contributed by atoms with Gasteiger partial charge in [0.25, 0.3) is 0 Å². The predicted molar refractivity (Wildman–Crippen MR) is 74.5 cm³/mol. The second kappa shape index (κ2) is 4.61. The van der Waals surface area contributed by atoms with Gasteiger partial charge in [-0.1, -0.05) is 12.1 Å². The van der Waals surface area contributed by atoms with Crippen LogP contribution < -0.4 is 0 Å². The summed E-state index contributed by atoms with van der Waals surface area (Å²) in [6.07, 6.45) is 3.13. The van der Waals surface area contributed by atoms with Gasteiger partial charge in [-0.05, 0) is 25.0 Å². The zero-order valence-electron chi connectivity index (χ0n) is 10.8. The van der Waals surface area contributed by atoms with Crippen LogP contribution in [0.1, 0.15) is 24.6 Å². The summed E-state index contributed by atoms with van der Waals surface area (Å²) in [6, 6.07) is 7.88. The summed E-state index contributed by atoms with van der Waals surface area (Å²) >= 11 is 0. The lowest BCUT2D eigenvalue weighted by molar-refractivity contribution is 0.312. The molecule has 102 valence electrons. The molecule has 1 N–H and O–H groups in total. The molecule has 19 heavy (non-hydrogen) atoms. The smallest absolute Gasteiger partial charge is 0.211 e. The van der Waals surface area contributed by atoms with Crippen LogP contribution in [-0.2, 0) is 10.0 Å². The molecule has 1 fully saturated rings. The van der Waals surface area contributed by atoms with Gasteiger partial charge in [-0.25, -0.2) is 17.7 Å². The van der Waals surface area contributed by atoms with E-state index in [1.807, 2.05) is 24.3 Å². The van der Waals surface area contributed by atoms with Crippen LogP contribution in [0, 0.1) is 0 Å². The first-order valence-corrected chi connectivity index (χ1v) is 8.28. The van der Waals surface area contributed by atoms with Gasteiger partial charge in [0, 0.05) is 19.0 Å². The van der Waals surface area contributed by atoms with Crippen molar-refractivity contribution in [1.29, 1.82) is 0 Å². The number of nitrogens with one attached hydrogen (secondary N) is 1. The van der Waals surface area contributed by atoms with E-state index >= 15 is 0 Å². The summed E-state index contributed by atoms with van der Waals surface area (Å²) in [6.45, 7) is 1.15. The highest BCUT2D eigenvalue weighted by molar-refractivity contribution is 7.88. The van der Waals surface area contributed by atoms with Crippen molar-refractivity contribution in [3.05, 3.63) is 30.1 Å². The standard InChI is InChI=1S/C13H17N3O2S/c1-19(17,18)16-8-4-5-10(9-16)13-14-11-6-2-3-7-12(11)15-13/h2-3,6-7,10H,4-5,8-9H2,1H3,(H,14,15). The predicted octanol–water partition coefficient (Wildman–Crippen LogP) is 1.70. The molecule has 1 atom stereocenters.